The molecule has 1 unspecified atom stereocenters. The summed E-state index contributed by atoms with van der Waals surface area (Å²) >= 11 is 0. The van der Waals surface area contributed by atoms with Crippen LogP contribution >= 0.6 is 0 Å². The zero-order chi connectivity index (χ0) is 12.7. The van der Waals surface area contributed by atoms with Crippen molar-refractivity contribution < 1.29 is 9.53 Å². The van der Waals surface area contributed by atoms with Gasteiger partial charge in [0.25, 0.3) is 0 Å². The van der Waals surface area contributed by atoms with Crippen molar-refractivity contribution in [2.45, 2.75) is 6.10 Å². The molecule has 17 heavy (non-hydrogen) atoms. The van der Waals surface area contributed by atoms with Gasteiger partial charge in [-0.15, -0.1) is 0 Å². The Bertz CT molecular complexity index is 427. The molecule has 0 aliphatic heterocycles. The summed E-state index contributed by atoms with van der Waals surface area (Å²) in [5, 5.41) is 0. The zero-order valence-electron chi connectivity index (χ0n) is 9.93. The van der Waals surface area contributed by atoms with E-state index in [1.165, 1.54) is 0 Å². The molecule has 0 saturated carbocycles. The van der Waals surface area contributed by atoms with E-state index >= 15 is 0 Å². The number of carbonyl (C=O) groups excluding carboxylic acids is 1. The largest absolute Gasteiger partial charge is 0.372 e. The fourth-order valence-corrected chi connectivity index (χ4v) is 1.61. The van der Waals surface area contributed by atoms with Gasteiger partial charge in [-0.05, 0) is 11.1 Å². The Morgan fingerprint density at radius 2 is 1.94 bits per heavy atom. The van der Waals surface area contributed by atoms with Gasteiger partial charge in [-0.3, -0.25) is 4.79 Å². The Balaban J connectivity index is 3.07. The van der Waals surface area contributed by atoms with E-state index in [9.17, 15) is 4.79 Å². The highest BCUT2D eigenvalue weighted by molar-refractivity contribution is 5.74. The van der Waals surface area contributed by atoms with Gasteiger partial charge in [0.05, 0.1) is 0 Å². The second-order valence-electron chi connectivity index (χ2n) is 3.51. The van der Waals surface area contributed by atoms with Crippen LogP contribution in [0.2, 0.25) is 0 Å². The maximum Gasteiger partial charge on any atom is 0.150 e. The number of rotatable bonds is 6. The number of methoxy groups -OCH3 is 1. The lowest BCUT2D eigenvalue weighted by molar-refractivity contribution is 0.112. The molecule has 0 amide bonds. The van der Waals surface area contributed by atoms with Gasteiger partial charge < -0.3 is 4.74 Å². The molecule has 0 saturated heterocycles. The van der Waals surface area contributed by atoms with Crippen LogP contribution in [0.1, 0.15) is 22.0 Å². The van der Waals surface area contributed by atoms with E-state index in [1.54, 1.807) is 31.4 Å². The van der Waals surface area contributed by atoms with E-state index in [-0.39, 0.29) is 6.10 Å². The van der Waals surface area contributed by atoms with Gasteiger partial charge in [0, 0.05) is 12.7 Å². The predicted octanol–water partition coefficient (Wildman–Crippen LogP) is 3.49. The highest BCUT2D eigenvalue weighted by Gasteiger charge is 2.12. The summed E-state index contributed by atoms with van der Waals surface area (Å²) < 4.78 is 5.44. The summed E-state index contributed by atoms with van der Waals surface area (Å²) in [6.07, 6.45) is 5.92. The van der Waals surface area contributed by atoms with Crippen LogP contribution in [0.5, 0.6) is 0 Å². The van der Waals surface area contributed by atoms with Gasteiger partial charge in [-0.25, -0.2) is 0 Å². The van der Waals surface area contributed by atoms with E-state index in [1.807, 2.05) is 18.2 Å². The average molecular weight is 228 g/mol. The molecule has 0 aromatic heterocycles. The van der Waals surface area contributed by atoms with E-state index in [0.717, 1.165) is 17.4 Å². The highest BCUT2D eigenvalue weighted by Crippen LogP contribution is 2.26. The fraction of sp³-hybridized carbons (Fsp3) is 0.133. The minimum Gasteiger partial charge on any atom is -0.372 e. The minimum absolute atomic E-state index is 0.189. The summed E-state index contributed by atoms with van der Waals surface area (Å²) in [5.74, 6) is 0. The molecule has 1 aromatic rings. The van der Waals surface area contributed by atoms with Crippen molar-refractivity contribution in [3.8, 4) is 0 Å². The summed E-state index contributed by atoms with van der Waals surface area (Å²) in [7, 11) is 1.64. The third-order valence-electron chi connectivity index (χ3n) is 2.46. The molecule has 2 nitrogen and oxygen atoms in total. The molecule has 0 spiro atoms. The Morgan fingerprint density at radius 3 is 2.35 bits per heavy atom. The fourth-order valence-electron chi connectivity index (χ4n) is 1.61. The van der Waals surface area contributed by atoms with Crippen molar-refractivity contribution in [1.29, 1.82) is 0 Å². The number of aldehydes is 1. The number of allylic oxidation sites excluding steroid dienone is 2. The molecule has 1 aromatic carbocycles. The quantitative estimate of drug-likeness (QED) is 0.550. The van der Waals surface area contributed by atoms with Crippen LogP contribution in [0.4, 0.5) is 0 Å². The standard InChI is InChI=1S/C15H16O2/c1-4-6-13(5-2)15(17-3)14-9-7-12(11-16)8-10-14/h4-11,15H,1-2H2,3H3/b13-6+. The molecular formula is C15H16O2. The monoisotopic (exact) mass is 228 g/mol. The Hall–Kier alpha value is -1.93. The molecule has 0 aliphatic rings. The third-order valence-corrected chi connectivity index (χ3v) is 2.46. The van der Waals surface area contributed by atoms with Gasteiger partial charge in [-0.2, -0.15) is 0 Å². The number of benzene rings is 1. The van der Waals surface area contributed by atoms with Crippen LogP contribution in [0, 0.1) is 0 Å². The molecule has 88 valence electrons. The smallest absolute Gasteiger partial charge is 0.150 e. The van der Waals surface area contributed by atoms with Gasteiger partial charge in [0.15, 0.2) is 0 Å². The lowest BCUT2D eigenvalue weighted by Crippen LogP contribution is -2.03. The Labute approximate surface area is 102 Å². The van der Waals surface area contributed by atoms with Gasteiger partial charge >= 0.3 is 0 Å². The van der Waals surface area contributed by atoms with Crippen LogP contribution in [0.15, 0.2) is 61.2 Å². The van der Waals surface area contributed by atoms with Gasteiger partial charge in [-0.1, -0.05) is 55.7 Å². The van der Waals surface area contributed by atoms with Crippen molar-refractivity contribution in [3.05, 3.63) is 72.4 Å². The molecule has 2 heteroatoms. The van der Waals surface area contributed by atoms with E-state index < -0.39 is 0 Å². The van der Waals surface area contributed by atoms with Crippen molar-refractivity contribution in [2.75, 3.05) is 7.11 Å². The lowest BCUT2D eigenvalue weighted by atomic mass is 10.00. The maximum atomic E-state index is 10.6. The molecule has 0 aliphatic carbocycles. The number of carbonyl (C=O) groups is 1. The molecule has 0 bridgehead atoms. The van der Waals surface area contributed by atoms with E-state index in [4.69, 9.17) is 4.74 Å². The average Bonchev–Trinajstić information content (AvgIpc) is 2.39. The number of hydrogen-bond acceptors (Lipinski definition) is 2. The van der Waals surface area contributed by atoms with E-state index in [0.29, 0.717) is 5.56 Å². The van der Waals surface area contributed by atoms with Crippen molar-refractivity contribution in [2.24, 2.45) is 0 Å². The summed E-state index contributed by atoms with van der Waals surface area (Å²) in [4.78, 5) is 10.6. The van der Waals surface area contributed by atoms with Crippen LogP contribution in [0.3, 0.4) is 0 Å². The first-order valence-electron chi connectivity index (χ1n) is 5.29. The van der Waals surface area contributed by atoms with Gasteiger partial charge in [0.2, 0.25) is 0 Å². The molecule has 0 N–H and O–H groups in total. The van der Waals surface area contributed by atoms with Crippen LogP contribution in [0.25, 0.3) is 0 Å². The molecule has 1 atom stereocenters. The summed E-state index contributed by atoms with van der Waals surface area (Å²) in [5.41, 5.74) is 2.56. The molecule has 0 fully saturated rings. The van der Waals surface area contributed by atoms with Crippen molar-refractivity contribution in [1.82, 2.24) is 0 Å². The van der Waals surface area contributed by atoms with Gasteiger partial charge in [0.1, 0.15) is 12.4 Å². The maximum absolute atomic E-state index is 10.6. The summed E-state index contributed by atoms with van der Waals surface area (Å²) in [6, 6.07) is 7.28. The van der Waals surface area contributed by atoms with E-state index in [2.05, 4.69) is 13.2 Å². The first-order valence-corrected chi connectivity index (χ1v) is 5.29. The zero-order valence-corrected chi connectivity index (χ0v) is 9.93. The molecule has 0 heterocycles. The van der Waals surface area contributed by atoms with Crippen molar-refractivity contribution >= 4 is 6.29 Å². The van der Waals surface area contributed by atoms with Crippen LogP contribution in [-0.2, 0) is 4.74 Å². The predicted molar refractivity (Wildman–Crippen MR) is 70.1 cm³/mol. The first-order chi connectivity index (χ1) is 8.26. The Kier molecular flexibility index (Phi) is 5.11. The van der Waals surface area contributed by atoms with Crippen molar-refractivity contribution in [3.63, 3.8) is 0 Å². The number of hydrogen-bond donors (Lipinski definition) is 0. The Morgan fingerprint density at radius 1 is 1.29 bits per heavy atom. The normalized spacial score (nSPS) is 12.9. The van der Waals surface area contributed by atoms with Crippen LogP contribution < -0.4 is 0 Å². The lowest BCUT2D eigenvalue weighted by Gasteiger charge is -2.17. The summed E-state index contributed by atoms with van der Waals surface area (Å²) in [6.45, 7) is 7.42. The third kappa shape index (κ3) is 3.26. The SMILES string of the molecule is C=C/C=C(\C=C)C(OC)c1ccc(C=O)cc1. The molecular weight excluding hydrogens is 212 g/mol. The number of ether oxygens (including phenoxy) is 1. The second-order valence-corrected chi connectivity index (χ2v) is 3.51. The molecule has 0 radical (unpaired) electrons. The van der Waals surface area contributed by atoms with Crippen LogP contribution in [-0.4, -0.2) is 13.4 Å². The molecule has 1 rings (SSSR count). The highest BCUT2D eigenvalue weighted by atomic mass is 16.5. The first kappa shape index (κ1) is 13.1. The topological polar surface area (TPSA) is 26.3 Å². The second kappa shape index (κ2) is 6.61. The minimum atomic E-state index is -0.189.